The van der Waals surface area contributed by atoms with Crippen LogP contribution >= 0.6 is 0 Å². The van der Waals surface area contributed by atoms with Crippen LogP contribution in [0.5, 0.6) is 5.75 Å². The van der Waals surface area contributed by atoms with Gasteiger partial charge in [-0.3, -0.25) is 5.10 Å². The van der Waals surface area contributed by atoms with E-state index < -0.39 is 0 Å². The highest BCUT2D eigenvalue weighted by Gasteiger charge is 2.11. The van der Waals surface area contributed by atoms with Crippen LogP contribution in [0.15, 0.2) is 54.9 Å². The van der Waals surface area contributed by atoms with Crippen LogP contribution in [0.3, 0.4) is 0 Å². The number of anilines is 1. The summed E-state index contributed by atoms with van der Waals surface area (Å²) in [6.45, 7) is 4.91. The van der Waals surface area contributed by atoms with E-state index in [1.165, 1.54) is 0 Å². The molecule has 3 N–H and O–H groups in total. The highest BCUT2D eigenvalue weighted by atomic mass is 16.5. The zero-order chi connectivity index (χ0) is 18.8. The Balaban J connectivity index is 1.73. The summed E-state index contributed by atoms with van der Waals surface area (Å²) in [6, 6.07) is 15.8. The lowest BCUT2D eigenvalue weighted by Gasteiger charge is -2.13. The molecule has 2 aromatic heterocycles. The molecule has 2 heterocycles. The van der Waals surface area contributed by atoms with Crippen molar-refractivity contribution in [3.8, 4) is 28.3 Å². The van der Waals surface area contributed by atoms with E-state index in [9.17, 15) is 0 Å². The van der Waals surface area contributed by atoms with Crippen molar-refractivity contribution in [1.82, 2.24) is 20.2 Å². The minimum absolute atomic E-state index is 0.450. The maximum Gasteiger partial charge on any atom is 0.153 e. The van der Waals surface area contributed by atoms with Crippen molar-refractivity contribution < 1.29 is 4.74 Å². The molecule has 0 atom stereocenters. The maximum absolute atomic E-state index is 5.97. The number of aromatic amines is 1. The van der Waals surface area contributed by atoms with Gasteiger partial charge in [-0.25, -0.2) is 9.97 Å². The molecule has 0 fully saturated rings. The first-order valence-electron chi connectivity index (χ1n) is 8.90. The Morgan fingerprint density at radius 3 is 2.70 bits per heavy atom. The van der Waals surface area contributed by atoms with E-state index in [1.54, 1.807) is 6.33 Å². The van der Waals surface area contributed by atoms with Gasteiger partial charge < -0.3 is 10.5 Å². The van der Waals surface area contributed by atoms with Crippen molar-refractivity contribution in [3.63, 3.8) is 0 Å². The number of rotatable bonds is 5. The van der Waals surface area contributed by atoms with Gasteiger partial charge in [-0.1, -0.05) is 32.0 Å². The van der Waals surface area contributed by atoms with Gasteiger partial charge in [-0.2, -0.15) is 5.10 Å². The largest absolute Gasteiger partial charge is 0.493 e. The van der Waals surface area contributed by atoms with Crippen molar-refractivity contribution >= 4 is 16.7 Å². The van der Waals surface area contributed by atoms with Gasteiger partial charge in [-0.05, 0) is 36.2 Å². The van der Waals surface area contributed by atoms with E-state index in [0.717, 1.165) is 39.2 Å². The summed E-state index contributed by atoms with van der Waals surface area (Å²) in [5, 5.41) is 7.84. The molecule has 0 saturated carbocycles. The third-order valence-corrected chi connectivity index (χ3v) is 4.29. The molecule has 4 aromatic rings. The number of nitrogens with zero attached hydrogens (tertiary/aromatic N) is 3. The van der Waals surface area contributed by atoms with Crippen molar-refractivity contribution in [2.24, 2.45) is 5.92 Å². The van der Waals surface area contributed by atoms with Gasteiger partial charge in [-0.15, -0.1) is 0 Å². The van der Waals surface area contributed by atoms with Crippen LogP contribution in [0.4, 0.5) is 5.82 Å². The highest BCUT2D eigenvalue weighted by molar-refractivity contribution is 5.92. The number of hydrogen-bond acceptors (Lipinski definition) is 5. The SMILES string of the molecule is CC(C)COc1ccccc1-c1cc(-c2ccc3[nH]nc(N)c3c2)ncn1. The van der Waals surface area contributed by atoms with Gasteiger partial charge >= 0.3 is 0 Å². The van der Waals surface area contributed by atoms with Crippen LogP contribution in [0, 0.1) is 5.92 Å². The van der Waals surface area contributed by atoms with Crippen LogP contribution < -0.4 is 10.5 Å². The molecule has 0 amide bonds. The number of benzene rings is 2. The summed E-state index contributed by atoms with van der Waals surface area (Å²) < 4.78 is 5.97. The summed E-state index contributed by atoms with van der Waals surface area (Å²) in [7, 11) is 0. The fourth-order valence-electron chi connectivity index (χ4n) is 2.92. The first kappa shape index (κ1) is 17.0. The van der Waals surface area contributed by atoms with Crippen molar-refractivity contribution in [2.75, 3.05) is 12.3 Å². The number of nitrogens with one attached hydrogen (secondary N) is 1. The highest BCUT2D eigenvalue weighted by Crippen LogP contribution is 2.31. The Bertz CT molecular complexity index is 1090. The molecule has 6 nitrogen and oxygen atoms in total. The summed E-state index contributed by atoms with van der Waals surface area (Å²) in [6.07, 6.45) is 1.58. The Labute approximate surface area is 157 Å². The standard InChI is InChI=1S/C21H21N5O/c1-13(2)11-27-20-6-4-3-5-15(20)19-10-18(23-12-24-19)14-7-8-17-16(9-14)21(22)26-25-17/h3-10,12-13H,11H2,1-2H3,(H3,22,25,26). The van der Waals surface area contributed by atoms with Crippen LogP contribution in [-0.2, 0) is 0 Å². The molecular weight excluding hydrogens is 338 g/mol. The molecule has 0 unspecified atom stereocenters. The molecule has 136 valence electrons. The monoisotopic (exact) mass is 359 g/mol. The van der Waals surface area contributed by atoms with Crippen LogP contribution in [-0.4, -0.2) is 26.8 Å². The van der Waals surface area contributed by atoms with Gasteiger partial charge in [0.25, 0.3) is 0 Å². The predicted molar refractivity (Wildman–Crippen MR) is 107 cm³/mol. The maximum atomic E-state index is 5.97. The number of para-hydroxylation sites is 1. The fraction of sp³-hybridized carbons (Fsp3) is 0.190. The normalized spacial score (nSPS) is 11.2. The number of nitrogen functional groups attached to an aromatic ring is 1. The van der Waals surface area contributed by atoms with Gasteiger partial charge in [0.05, 0.1) is 23.5 Å². The zero-order valence-corrected chi connectivity index (χ0v) is 15.3. The number of aromatic nitrogens is 4. The minimum atomic E-state index is 0.450. The van der Waals surface area contributed by atoms with Crippen molar-refractivity contribution in [3.05, 3.63) is 54.9 Å². The summed E-state index contributed by atoms with van der Waals surface area (Å²) in [4.78, 5) is 8.89. The van der Waals surface area contributed by atoms with Gasteiger partial charge in [0.15, 0.2) is 5.82 Å². The molecule has 0 spiro atoms. The molecule has 0 aliphatic heterocycles. The lowest BCUT2D eigenvalue weighted by molar-refractivity contribution is 0.272. The summed E-state index contributed by atoms with van der Waals surface area (Å²) in [5.41, 5.74) is 10.4. The Morgan fingerprint density at radius 1 is 1.04 bits per heavy atom. The lowest BCUT2D eigenvalue weighted by Crippen LogP contribution is -2.05. The molecular formula is C21H21N5O. The van der Waals surface area contributed by atoms with Crippen molar-refractivity contribution in [1.29, 1.82) is 0 Å². The number of hydrogen-bond donors (Lipinski definition) is 2. The fourth-order valence-corrected chi connectivity index (χ4v) is 2.92. The average Bonchev–Trinajstić information content (AvgIpc) is 3.07. The molecule has 0 radical (unpaired) electrons. The van der Waals surface area contributed by atoms with E-state index in [-0.39, 0.29) is 0 Å². The van der Waals surface area contributed by atoms with Crippen LogP contribution in [0.2, 0.25) is 0 Å². The number of fused-ring (bicyclic) bond motifs is 1. The number of H-pyrrole nitrogens is 1. The molecule has 2 aromatic carbocycles. The second-order valence-corrected chi connectivity index (χ2v) is 6.86. The van der Waals surface area contributed by atoms with Gasteiger partial charge in [0, 0.05) is 16.5 Å². The van der Waals surface area contributed by atoms with Crippen LogP contribution in [0.25, 0.3) is 33.4 Å². The quantitative estimate of drug-likeness (QED) is 0.554. The lowest BCUT2D eigenvalue weighted by atomic mass is 10.1. The second-order valence-electron chi connectivity index (χ2n) is 6.86. The van der Waals surface area contributed by atoms with E-state index >= 15 is 0 Å². The van der Waals surface area contributed by atoms with Crippen LogP contribution in [0.1, 0.15) is 13.8 Å². The third-order valence-electron chi connectivity index (χ3n) is 4.29. The van der Waals surface area contributed by atoms with Crippen molar-refractivity contribution in [2.45, 2.75) is 13.8 Å². The molecule has 0 saturated heterocycles. The topological polar surface area (TPSA) is 89.7 Å². The van der Waals surface area contributed by atoms with Gasteiger partial charge in [0.1, 0.15) is 12.1 Å². The van der Waals surface area contributed by atoms with E-state index in [1.807, 2.05) is 48.5 Å². The first-order chi connectivity index (χ1) is 13.1. The Kier molecular flexibility index (Phi) is 4.46. The molecule has 0 aliphatic rings. The molecule has 0 aliphatic carbocycles. The minimum Gasteiger partial charge on any atom is -0.493 e. The molecule has 6 heteroatoms. The second kappa shape index (κ2) is 7.07. The van der Waals surface area contributed by atoms with Gasteiger partial charge in [0.2, 0.25) is 0 Å². The average molecular weight is 359 g/mol. The zero-order valence-electron chi connectivity index (χ0n) is 15.3. The smallest absolute Gasteiger partial charge is 0.153 e. The van der Waals surface area contributed by atoms with E-state index in [2.05, 4.69) is 34.0 Å². The third kappa shape index (κ3) is 3.46. The number of ether oxygens (including phenoxy) is 1. The molecule has 0 bridgehead atoms. The summed E-state index contributed by atoms with van der Waals surface area (Å²) in [5.74, 6) is 1.75. The summed E-state index contributed by atoms with van der Waals surface area (Å²) >= 11 is 0. The number of nitrogens with two attached hydrogens (primary N) is 1. The molecule has 27 heavy (non-hydrogen) atoms. The Hall–Kier alpha value is -3.41. The molecule has 4 rings (SSSR count). The Morgan fingerprint density at radius 2 is 1.85 bits per heavy atom. The van der Waals surface area contributed by atoms with E-state index in [4.69, 9.17) is 10.5 Å². The first-order valence-corrected chi connectivity index (χ1v) is 8.90. The predicted octanol–water partition coefficient (Wildman–Crippen LogP) is 4.30. The van der Waals surface area contributed by atoms with E-state index in [0.29, 0.717) is 18.3 Å².